The third-order valence-electron chi connectivity index (χ3n) is 0. The van der Waals surface area contributed by atoms with Crippen molar-refractivity contribution in [3.63, 3.8) is 0 Å². The van der Waals surface area contributed by atoms with E-state index in [2.05, 4.69) is 13.2 Å². The molecule has 0 aliphatic carbocycles. The minimum atomic E-state index is 0. The number of hydrogen-bond donors (Lipinski definition) is 0. The molecule has 0 aromatic carbocycles. The summed E-state index contributed by atoms with van der Waals surface area (Å²) < 4.78 is 0. The molecule has 4 heavy (non-hydrogen) atoms. The van der Waals surface area contributed by atoms with Gasteiger partial charge in [0.25, 0.3) is 0 Å². The van der Waals surface area contributed by atoms with Crippen LogP contribution in [0.15, 0.2) is 13.2 Å². The number of halogens is 1. The molecule has 0 rings (SSSR count). The van der Waals surface area contributed by atoms with E-state index in [1.54, 1.807) is 0 Å². The first-order valence-corrected chi connectivity index (χ1v) is 0.500. The predicted molar refractivity (Wildman–Crippen MR) is 18.5 cm³/mol. The Morgan fingerprint density at radius 2 is 1.00 bits per heavy atom. The van der Waals surface area contributed by atoms with E-state index in [4.69, 9.17) is 0 Å². The zero-order valence-electron chi connectivity index (χ0n) is 2.12. The number of hydrogen-bond acceptors (Lipinski definition) is 0. The summed E-state index contributed by atoms with van der Waals surface area (Å²) in [5.41, 5.74) is 0. The van der Waals surface area contributed by atoms with E-state index in [9.17, 15) is 0 Å². The molecule has 0 atom stereocenters. The second kappa shape index (κ2) is 76.4. The summed E-state index contributed by atoms with van der Waals surface area (Å²) in [4.78, 5) is 0. The molecule has 0 aromatic heterocycles. The first-order valence-electron chi connectivity index (χ1n) is 0.500. The van der Waals surface area contributed by atoms with Crippen LogP contribution in [0.4, 0.5) is 0 Å². The molecule has 0 heterocycles. The Labute approximate surface area is 43.2 Å². The van der Waals surface area contributed by atoms with Crippen LogP contribution in [0.3, 0.4) is 0 Å². The van der Waals surface area contributed by atoms with Gasteiger partial charge in [0.15, 0.2) is 0 Å². The van der Waals surface area contributed by atoms with Gasteiger partial charge in [0.1, 0.15) is 0 Å². The summed E-state index contributed by atoms with van der Waals surface area (Å²) in [5.74, 6) is 0. The SMILES string of the molecule is C=C.Cl.[Cu]. The van der Waals surface area contributed by atoms with Crippen LogP contribution < -0.4 is 0 Å². The monoisotopic (exact) mass is 127 g/mol. The van der Waals surface area contributed by atoms with Crippen LogP contribution in [0.1, 0.15) is 0 Å². The van der Waals surface area contributed by atoms with Crippen molar-refractivity contribution < 1.29 is 17.1 Å². The fourth-order valence-electron chi connectivity index (χ4n) is 0. The van der Waals surface area contributed by atoms with Gasteiger partial charge >= 0.3 is 0 Å². The Morgan fingerprint density at radius 3 is 1.00 bits per heavy atom. The van der Waals surface area contributed by atoms with E-state index in [0.29, 0.717) is 0 Å². The van der Waals surface area contributed by atoms with Crippen LogP contribution in [-0.2, 0) is 17.1 Å². The summed E-state index contributed by atoms with van der Waals surface area (Å²) in [6, 6.07) is 0. The van der Waals surface area contributed by atoms with E-state index in [0.717, 1.165) is 0 Å². The van der Waals surface area contributed by atoms with Crippen LogP contribution >= 0.6 is 12.4 Å². The third kappa shape index (κ3) is 20.3. The Kier molecular flexibility index (Phi) is 456. The average molecular weight is 128 g/mol. The van der Waals surface area contributed by atoms with Gasteiger partial charge in [0, 0.05) is 17.1 Å². The molecule has 0 saturated heterocycles. The topological polar surface area (TPSA) is 0 Å². The maximum Gasteiger partial charge on any atom is 0 e. The van der Waals surface area contributed by atoms with Crippen LogP contribution in [0.25, 0.3) is 0 Å². The van der Waals surface area contributed by atoms with Gasteiger partial charge in [-0.2, -0.15) is 0 Å². The van der Waals surface area contributed by atoms with Gasteiger partial charge in [-0.15, -0.1) is 25.6 Å². The molecule has 0 spiro atoms. The van der Waals surface area contributed by atoms with E-state index in [1.807, 2.05) is 0 Å². The van der Waals surface area contributed by atoms with E-state index >= 15 is 0 Å². The molecule has 31 valence electrons. The second-order valence-corrected chi connectivity index (χ2v) is 0. The van der Waals surface area contributed by atoms with E-state index in [-0.39, 0.29) is 29.5 Å². The molecule has 0 saturated carbocycles. The Morgan fingerprint density at radius 1 is 1.00 bits per heavy atom. The minimum Gasteiger partial charge on any atom is -0.147 e. The summed E-state index contributed by atoms with van der Waals surface area (Å²) in [5, 5.41) is 0. The Hall–Kier alpha value is 0.549. The molecule has 2 heteroatoms. The van der Waals surface area contributed by atoms with Crippen molar-refractivity contribution in [2.45, 2.75) is 0 Å². The largest absolute Gasteiger partial charge is 0.147 e. The molecule has 0 bridgehead atoms. The van der Waals surface area contributed by atoms with Gasteiger partial charge < -0.3 is 0 Å². The van der Waals surface area contributed by atoms with Crippen molar-refractivity contribution in [3.05, 3.63) is 13.2 Å². The standard InChI is InChI=1S/C2H4.ClH.Cu/c1-2;;/h1-2H2;1H;. The Bertz CT molecular complexity index is 6.00. The van der Waals surface area contributed by atoms with Crippen LogP contribution in [0.2, 0.25) is 0 Å². The zero-order valence-corrected chi connectivity index (χ0v) is 3.88. The quantitative estimate of drug-likeness (QED) is 0.340. The molecule has 0 unspecified atom stereocenters. The summed E-state index contributed by atoms with van der Waals surface area (Å²) >= 11 is 0. The first kappa shape index (κ1) is 23.9. The molecule has 0 aliphatic heterocycles. The second-order valence-electron chi connectivity index (χ2n) is 0. The van der Waals surface area contributed by atoms with Gasteiger partial charge in [-0.25, -0.2) is 0 Å². The average Bonchev–Trinajstić information content (AvgIpc) is 1.00. The number of rotatable bonds is 0. The van der Waals surface area contributed by atoms with Crippen LogP contribution in [0, 0.1) is 0 Å². The molecule has 0 aromatic rings. The van der Waals surface area contributed by atoms with Crippen molar-refractivity contribution >= 4 is 12.4 Å². The van der Waals surface area contributed by atoms with Crippen molar-refractivity contribution in [1.82, 2.24) is 0 Å². The third-order valence-corrected chi connectivity index (χ3v) is 0. The summed E-state index contributed by atoms with van der Waals surface area (Å²) in [6.07, 6.45) is 0. The molecule has 1 radical (unpaired) electrons. The van der Waals surface area contributed by atoms with Crippen LogP contribution in [0.5, 0.6) is 0 Å². The fourth-order valence-corrected chi connectivity index (χ4v) is 0. The first-order chi connectivity index (χ1) is 1.00. The van der Waals surface area contributed by atoms with Crippen LogP contribution in [-0.4, -0.2) is 0 Å². The van der Waals surface area contributed by atoms with Crippen molar-refractivity contribution in [1.29, 1.82) is 0 Å². The molecular weight excluding hydrogens is 123 g/mol. The summed E-state index contributed by atoms with van der Waals surface area (Å²) in [6.45, 7) is 6.00. The maximum absolute atomic E-state index is 3.00. The van der Waals surface area contributed by atoms with Gasteiger partial charge in [0.2, 0.25) is 0 Å². The molecule has 0 nitrogen and oxygen atoms in total. The summed E-state index contributed by atoms with van der Waals surface area (Å²) in [7, 11) is 0. The van der Waals surface area contributed by atoms with Crippen molar-refractivity contribution in [3.8, 4) is 0 Å². The predicted octanol–water partition coefficient (Wildman–Crippen LogP) is 1.22. The van der Waals surface area contributed by atoms with Gasteiger partial charge in [-0.05, 0) is 0 Å². The van der Waals surface area contributed by atoms with E-state index < -0.39 is 0 Å². The normalized spacial score (nSPS) is 1.00. The molecule has 0 fully saturated rings. The van der Waals surface area contributed by atoms with Gasteiger partial charge in [0.05, 0.1) is 0 Å². The molecule has 0 amide bonds. The van der Waals surface area contributed by atoms with Gasteiger partial charge in [-0.3, -0.25) is 0 Å². The van der Waals surface area contributed by atoms with E-state index in [1.165, 1.54) is 0 Å². The molecular formula is C2H5ClCu. The molecule has 0 aliphatic rings. The fraction of sp³-hybridized carbons (Fsp3) is 0. The smallest absolute Gasteiger partial charge is 0 e. The minimum absolute atomic E-state index is 0. The maximum atomic E-state index is 3.00. The van der Waals surface area contributed by atoms with Crippen molar-refractivity contribution in [2.24, 2.45) is 0 Å². The van der Waals surface area contributed by atoms with Gasteiger partial charge in [-0.1, -0.05) is 0 Å². The Balaban J connectivity index is -0.00000000500. The van der Waals surface area contributed by atoms with Crippen molar-refractivity contribution in [2.75, 3.05) is 0 Å². The molecule has 0 N–H and O–H groups in total. The zero-order chi connectivity index (χ0) is 2.00.